The first-order chi connectivity index (χ1) is 5.94. The van der Waals surface area contributed by atoms with Gasteiger partial charge in [-0.25, -0.2) is 16.8 Å². The van der Waals surface area contributed by atoms with Crippen molar-refractivity contribution in [3.05, 3.63) is 15.3 Å². The summed E-state index contributed by atoms with van der Waals surface area (Å²) in [5.74, 6) is 0. The third-order valence-corrected chi connectivity index (χ3v) is 0.750. The van der Waals surface area contributed by atoms with Gasteiger partial charge < -0.3 is 24.4 Å². The predicted octanol–water partition coefficient (Wildman–Crippen LogP) is -5.38. The third kappa shape index (κ3) is 45.8. The van der Waals surface area contributed by atoms with Gasteiger partial charge >= 0.3 is 68.5 Å². The van der Waals surface area contributed by atoms with Gasteiger partial charge in [0.05, 0.1) is 5.09 Å². The SMILES string of the molecule is O=S(=O)([O-])OOS(=O)(=O)[O-].O=[N+]([O-])[O-].[Fe+2].[K+]. The summed E-state index contributed by atoms with van der Waals surface area (Å²) in [4.78, 5) is 8.25. The minimum Gasteiger partial charge on any atom is -0.724 e. The van der Waals surface area contributed by atoms with E-state index in [9.17, 15) is 25.9 Å². The molecule has 16 heavy (non-hydrogen) atoms. The minimum atomic E-state index is -5.31. The van der Waals surface area contributed by atoms with Crippen LogP contribution in [0.25, 0.3) is 0 Å². The minimum absolute atomic E-state index is 0. The van der Waals surface area contributed by atoms with Gasteiger partial charge in [-0.2, -0.15) is 0 Å². The fraction of sp³-hybridized carbons (Fsp3) is 0. The van der Waals surface area contributed by atoms with E-state index in [1.807, 2.05) is 0 Å². The van der Waals surface area contributed by atoms with Crippen molar-refractivity contribution < 1.29 is 108 Å². The molecule has 0 unspecified atom stereocenters. The van der Waals surface area contributed by atoms with Gasteiger partial charge in [0, 0.05) is 0 Å². The molecule has 0 saturated heterocycles. The van der Waals surface area contributed by atoms with Crippen molar-refractivity contribution >= 4 is 20.8 Å². The van der Waals surface area contributed by atoms with Gasteiger partial charge in [0.15, 0.2) is 0 Å². The zero-order valence-corrected chi connectivity index (χ0v) is 13.0. The summed E-state index contributed by atoms with van der Waals surface area (Å²) >= 11 is 0. The van der Waals surface area contributed by atoms with Crippen LogP contribution in [0.15, 0.2) is 0 Å². The topological polar surface area (TPSA) is 199 Å². The molecule has 0 amide bonds. The first kappa shape index (κ1) is 25.8. The molecule has 12 nitrogen and oxygen atoms in total. The quantitative estimate of drug-likeness (QED) is 0.118. The van der Waals surface area contributed by atoms with Crippen LogP contribution in [-0.2, 0) is 46.5 Å². The van der Waals surface area contributed by atoms with Crippen LogP contribution in [0.4, 0.5) is 0 Å². The molecule has 0 rings (SSSR count). The van der Waals surface area contributed by atoms with E-state index in [2.05, 4.69) is 8.67 Å². The Bertz CT molecular complexity index is 331. The molecular weight excluding hydrogens is 349 g/mol. The molecule has 0 heterocycles. The molecule has 0 radical (unpaired) electrons. The summed E-state index contributed by atoms with van der Waals surface area (Å²) in [5, 5.41) is 14.8. The summed E-state index contributed by atoms with van der Waals surface area (Å²) in [7, 11) is -10.6. The third-order valence-electron chi connectivity index (χ3n) is 0.194. The monoisotopic (exact) mass is 349 g/mol. The van der Waals surface area contributed by atoms with Gasteiger partial charge in [-0.3, -0.25) is 0 Å². The second-order valence-corrected chi connectivity index (χ2v) is 3.08. The van der Waals surface area contributed by atoms with E-state index in [1.54, 1.807) is 0 Å². The summed E-state index contributed by atoms with van der Waals surface area (Å²) in [6.45, 7) is 0. The summed E-state index contributed by atoms with van der Waals surface area (Å²) in [6.07, 6.45) is 0. The molecule has 0 fully saturated rings. The van der Waals surface area contributed by atoms with Crippen LogP contribution in [0.3, 0.4) is 0 Å². The molecule has 16 heteroatoms. The molecular formula is FeKNO11S2. The van der Waals surface area contributed by atoms with E-state index in [-0.39, 0.29) is 68.5 Å². The van der Waals surface area contributed by atoms with Crippen LogP contribution in [0.1, 0.15) is 0 Å². The van der Waals surface area contributed by atoms with E-state index in [0.29, 0.717) is 0 Å². The van der Waals surface area contributed by atoms with Gasteiger partial charge in [-0.1, -0.05) is 0 Å². The Hall–Kier alpha value is 1.10. The smallest absolute Gasteiger partial charge is 0.724 e. The molecule has 92 valence electrons. The largest absolute Gasteiger partial charge is 2.00 e. The Morgan fingerprint density at radius 2 is 1.00 bits per heavy atom. The zero-order valence-electron chi connectivity index (χ0n) is 7.11. The zero-order chi connectivity index (χ0) is 12.0. The fourth-order valence-corrected chi connectivity index (χ4v) is 0.612. The van der Waals surface area contributed by atoms with Crippen LogP contribution in [0.2, 0.25) is 0 Å². The van der Waals surface area contributed by atoms with Gasteiger partial charge in [-0.15, -0.1) is 8.67 Å². The van der Waals surface area contributed by atoms with Crippen LogP contribution in [0.5, 0.6) is 0 Å². The van der Waals surface area contributed by atoms with Crippen LogP contribution >= 0.6 is 0 Å². The molecule has 0 atom stereocenters. The van der Waals surface area contributed by atoms with Crippen molar-refractivity contribution in [2.24, 2.45) is 0 Å². The number of nitrogens with zero attached hydrogens (tertiary/aromatic N) is 1. The normalized spacial score (nSPS) is 9.88. The Kier molecular flexibility index (Phi) is 18.1. The summed E-state index contributed by atoms with van der Waals surface area (Å²) in [5.41, 5.74) is 0. The predicted molar refractivity (Wildman–Crippen MR) is 31.9 cm³/mol. The molecule has 0 aliphatic rings. The Balaban J connectivity index is -0.000000105. The first-order valence-corrected chi connectivity index (χ1v) is 4.71. The standard InChI is InChI=1S/Fe.K.NO3.H2O8S2/c;;2-1(3)4;1-9(2,3)7-8-10(4,5)6/h;;;(H,1,2,3)(H,4,5,6)/q+2;+1;-1;/p-2. The maximum atomic E-state index is 9.37. The number of hydrogen-bond acceptors (Lipinski definition) is 11. The summed E-state index contributed by atoms with van der Waals surface area (Å²) in [6, 6.07) is 0. The maximum Gasteiger partial charge on any atom is 2.00 e. The van der Waals surface area contributed by atoms with E-state index in [1.165, 1.54) is 0 Å². The molecule has 0 aromatic rings. The molecule has 0 aliphatic carbocycles. The molecule has 0 N–H and O–H groups in total. The van der Waals surface area contributed by atoms with Crippen LogP contribution in [0, 0.1) is 15.3 Å². The molecule has 0 aromatic carbocycles. The molecule has 0 saturated carbocycles. The van der Waals surface area contributed by atoms with E-state index >= 15 is 0 Å². The maximum absolute atomic E-state index is 9.37. The molecule has 0 aliphatic heterocycles. The second kappa shape index (κ2) is 11.2. The van der Waals surface area contributed by atoms with Gasteiger partial charge in [0.1, 0.15) is 0 Å². The Morgan fingerprint density at radius 3 is 1.06 bits per heavy atom. The number of rotatable bonds is 3. The molecule has 0 spiro atoms. The van der Waals surface area contributed by atoms with E-state index in [0.717, 1.165) is 0 Å². The van der Waals surface area contributed by atoms with Crippen molar-refractivity contribution in [1.29, 1.82) is 0 Å². The van der Waals surface area contributed by atoms with Crippen molar-refractivity contribution in [3.8, 4) is 0 Å². The van der Waals surface area contributed by atoms with Gasteiger partial charge in [0.25, 0.3) is 0 Å². The van der Waals surface area contributed by atoms with Crippen molar-refractivity contribution in [2.45, 2.75) is 0 Å². The second-order valence-electron chi connectivity index (χ2n) is 1.18. The average molecular weight is 349 g/mol. The van der Waals surface area contributed by atoms with Gasteiger partial charge in [-0.05, 0) is 0 Å². The van der Waals surface area contributed by atoms with Crippen molar-refractivity contribution in [3.63, 3.8) is 0 Å². The fourth-order valence-electron chi connectivity index (χ4n) is 0.0680. The Labute approximate surface area is 142 Å². The average Bonchev–Trinajstić information content (AvgIpc) is 1.79. The van der Waals surface area contributed by atoms with Crippen molar-refractivity contribution in [1.82, 2.24) is 0 Å². The first-order valence-electron chi connectivity index (χ1n) is 2.05. The molecule has 0 bridgehead atoms. The van der Waals surface area contributed by atoms with Crippen molar-refractivity contribution in [2.75, 3.05) is 0 Å². The van der Waals surface area contributed by atoms with E-state index < -0.39 is 25.9 Å². The summed E-state index contributed by atoms with van der Waals surface area (Å²) < 4.78 is 61.5. The number of hydrogen-bond donors (Lipinski definition) is 0. The van der Waals surface area contributed by atoms with Gasteiger partial charge in [0.2, 0.25) is 20.8 Å². The van der Waals surface area contributed by atoms with Crippen LogP contribution < -0.4 is 51.4 Å². The Morgan fingerprint density at radius 1 is 0.875 bits per heavy atom. The van der Waals surface area contributed by atoms with E-state index in [4.69, 9.17) is 15.3 Å². The van der Waals surface area contributed by atoms with Crippen LogP contribution in [-0.4, -0.2) is 31.0 Å². The molecule has 0 aromatic heterocycles.